The number of phenolic OH excluding ortho intramolecular Hbond substituents is 2. The largest absolute Gasteiger partial charge is 0.504 e. The van der Waals surface area contributed by atoms with Gasteiger partial charge in [0, 0.05) is 12.1 Å². The lowest BCUT2D eigenvalue weighted by Gasteiger charge is -2.30. The standard InChI is InChI=1S/C23H31NO2/c1-2-3-15-24-20(11-9-18-7-5-4-6-8-18)12-13-21(24)16-19-10-14-22(25)23(26)17-19/h4-8,10,14,17,20-21,25-26H,2-3,9,11-13,15-16H2,1H3. The number of phenols is 2. The molecule has 3 rings (SSSR count). The molecule has 0 bridgehead atoms. The molecule has 1 aliphatic heterocycles. The van der Waals surface area contributed by atoms with E-state index in [2.05, 4.69) is 42.2 Å². The van der Waals surface area contributed by atoms with Crippen LogP contribution in [0, 0.1) is 0 Å². The fourth-order valence-electron chi connectivity index (χ4n) is 4.20. The summed E-state index contributed by atoms with van der Waals surface area (Å²) in [6.07, 6.45) is 8.22. The second kappa shape index (κ2) is 9.09. The summed E-state index contributed by atoms with van der Waals surface area (Å²) in [6, 6.07) is 17.2. The SMILES string of the molecule is CCCCN1C(CCc2ccccc2)CCC1Cc1ccc(O)c(O)c1. The second-order valence-corrected chi connectivity index (χ2v) is 7.53. The van der Waals surface area contributed by atoms with Crippen LogP contribution in [-0.4, -0.2) is 33.7 Å². The van der Waals surface area contributed by atoms with Crippen molar-refractivity contribution in [2.75, 3.05) is 6.54 Å². The van der Waals surface area contributed by atoms with E-state index in [1.54, 1.807) is 12.1 Å². The van der Waals surface area contributed by atoms with Gasteiger partial charge in [-0.25, -0.2) is 0 Å². The van der Waals surface area contributed by atoms with Crippen molar-refractivity contribution in [3.05, 3.63) is 59.7 Å². The fraction of sp³-hybridized carbons (Fsp3) is 0.478. The molecule has 1 fully saturated rings. The van der Waals surface area contributed by atoms with E-state index >= 15 is 0 Å². The van der Waals surface area contributed by atoms with Gasteiger partial charge in [0.05, 0.1) is 0 Å². The van der Waals surface area contributed by atoms with Crippen LogP contribution < -0.4 is 0 Å². The van der Waals surface area contributed by atoms with Gasteiger partial charge in [0.15, 0.2) is 11.5 Å². The molecule has 2 N–H and O–H groups in total. The number of nitrogens with zero attached hydrogens (tertiary/aromatic N) is 1. The van der Waals surface area contributed by atoms with E-state index in [0.717, 1.165) is 24.9 Å². The topological polar surface area (TPSA) is 43.7 Å². The Morgan fingerprint density at radius 1 is 0.923 bits per heavy atom. The zero-order valence-electron chi connectivity index (χ0n) is 15.8. The summed E-state index contributed by atoms with van der Waals surface area (Å²) < 4.78 is 0. The second-order valence-electron chi connectivity index (χ2n) is 7.53. The maximum Gasteiger partial charge on any atom is 0.157 e. The summed E-state index contributed by atoms with van der Waals surface area (Å²) in [5.41, 5.74) is 2.53. The van der Waals surface area contributed by atoms with Crippen molar-refractivity contribution >= 4 is 0 Å². The highest BCUT2D eigenvalue weighted by atomic mass is 16.3. The number of likely N-dealkylation sites (tertiary alicyclic amines) is 1. The molecule has 26 heavy (non-hydrogen) atoms. The van der Waals surface area contributed by atoms with Crippen molar-refractivity contribution in [3.8, 4) is 11.5 Å². The number of hydrogen-bond acceptors (Lipinski definition) is 3. The van der Waals surface area contributed by atoms with Gasteiger partial charge in [-0.05, 0) is 68.3 Å². The van der Waals surface area contributed by atoms with Crippen LogP contribution in [0.3, 0.4) is 0 Å². The Kier molecular flexibility index (Phi) is 6.56. The third-order valence-electron chi connectivity index (χ3n) is 5.66. The Morgan fingerprint density at radius 3 is 2.42 bits per heavy atom. The number of unbranched alkanes of at least 4 members (excludes halogenated alkanes) is 1. The number of benzene rings is 2. The smallest absolute Gasteiger partial charge is 0.157 e. The first kappa shape index (κ1) is 18.8. The Labute approximate surface area is 157 Å². The van der Waals surface area contributed by atoms with Crippen LogP contribution in [0.2, 0.25) is 0 Å². The lowest BCUT2D eigenvalue weighted by atomic mass is 10.0. The van der Waals surface area contributed by atoms with Crippen molar-refractivity contribution in [1.82, 2.24) is 4.90 Å². The van der Waals surface area contributed by atoms with Crippen LogP contribution in [-0.2, 0) is 12.8 Å². The third-order valence-corrected chi connectivity index (χ3v) is 5.66. The third kappa shape index (κ3) is 4.79. The molecule has 0 saturated carbocycles. The predicted octanol–water partition coefficient (Wildman–Crippen LogP) is 4.91. The number of aryl methyl sites for hydroxylation is 1. The molecule has 3 nitrogen and oxygen atoms in total. The van der Waals surface area contributed by atoms with Crippen LogP contribution in [0.15, 0.2) is 48.5 Å². The van der Waals surface area contributed by atoms with E-state index in [-0.39, 0.29) is 11.5 Å². The van der Waals surface area contributed by atoms with Crippen molar-refractivity contribution < 1.29 is 10.2 Å². The maximum absolute atomic E-state index is 9.78. The average molecular weight is 354 g/mol. The molecule has 140 valence electrons. The highest BCUT2D eigenvalue weighted by Gasteiger charge is 2.32. The quantitative estimate of drug-likeness (QED) is 0.663. The Hall–Kier alpha value is -2.00. The monoisotopic (exact) mass is 353 g/mol. The van der Waals surface area contributed by atoms with Gasteiger partial charge >= 0.3 is 0 Å². The first-order valence-corrected chi connectivity index (χ1v) is 9.98. The molecule has 3 heteroatoms. The van der Waals surface area contributed by atoms with Crippen LogP contribution in [0.1, 0.15) is 50.2 Å². The molecular formula is C23H31NO2. The van der Waals surface area contributed by atoms with Crippen molar-refractivity contribution in [2.45, 2.75) is 64.0 Å². The molecule has 0 spiro atoms. The molecular weight excluding hydrogens is 322 g/mol. The fourth-order valence-corrected chi connectivity index (χ4v) is 4.20. The Morgan fingerprint density at radius 2 is 1.69 bits per heavy atom. The van der Waals surface area contributed by atoms with E-state index < -0.39 is 0 Å². The zero-order valence-corrected chi connectivity index (χ0v) is 15.8. The number of aromatic hydroxyl groups is 2. The maximum atomic E-state index is 9.78. The van der Waals surface area contributed by atoms with E-state index in [1.807, 2.05) is 6.07 Å². The predicted molar refractivity (Wildman–Crippen MR) is 107 cm³/mol. The molecule has 2 unspecified atom stereocenters. The summed E-state index contributed by atoms with van der Waals surface area (Å²) in [4.78, 5) is 2.70. The molecule has 1 aliphatic rings. The summed E-state index contributed by atoms with van der Waals surface area (Å²) in [5, 5.41) is 19.3. The van der Waals surface area contributed by atoms with E-state index in [4.69, 9.17) is 0 Å². The molecule has 1 heterocycles. The van der Waals surface area contributed by atoms with Gasteiger partial charge < -0.3 is 10.2 Å². The van der Waals surface area contributed by atoms with Crippen LogP contribution >= 0.6 is 0 Å². The van der Waals surface area contributed by atoms with Gasteiger partial charge in [-0.1, -0.05) is 49.7 Å². The molecule has 2 aromatic rings. The minimum absolute atomic E-state index is 0.0127. The highest BCUT2D eigenvalue weighted by molar-refractivity contribution is 5.40. The first-order valence-electron chi connectivity index (χ1n) is 9.98. The molecule has 2 aromatic carbocycles. The van der Waals surface area contributed by atoms with Crippen molar-refractivity contribution in [1.29, 1.82) is 0 Å². The highest BCUT2D eigenvalue weighted by Crippen LogP contribution is 2.32. The molecule has 0 amide bonds. The zero-order chi connectivity index (χ0) is 18.4. The molecule has 0 radical (unpaired) electrons. The van der Waals surface area contributed by atoms with Gasteiger partial charge in [0.1, 0.15) is 0 Å². The van der Waals surface area contributed by atoms with Gasteiger partial charge in [0.2, 0.25) is 0 Å². The van der Waals surface area contributed by atoms with Gasteiger partial charge in [-0.3, -0.25) is 4.90 Å². The normalized spacial score (nSPS) is 20.5. The Bertz CT molecular complexity index is 686. The first-order chi connectivity index (χ1) is 12.7. The summed E-state index contributed by atoms with van der Waals surface area (Å²) >= 11 is 0. The Balaban J connectivity index is 1.64. The molecule has 1 saturated heterocycles. The number of hydrogen-bond donors (Lipinski definition) is 2. The minimum Gasteiger partial charge on any atom is -0.504 e. The van der Waals surface area contributed by atoms with Crippen LogP contribution in [0.5, 0.6) is 11.5 Å². The summed E-state index contributed by atoms with van der Waals surface area (Å²) in [5.74, 6) is -0.0509. The van der Waals surface area contributed by atoms with Gasteiger partial charge in [-0.15, -0.1) is 0 Å². The molecule has 0 aromatic heterocycles. The van der Waals surface area contributed by atoms with Crippen molar-refractivity contribution in [3.63, 3.8) is 0 Å². The minimum atomic E-state index is -0.0382. The van der Waals surface area contributed by atoms with E-state index in [0.29, 0.717) is 12.1 Å². The van der Waals surface area contributed by atoms with Crippen LogP contribution in [0.4, 0.5) is 0 Å². The van der Waals surface area contributed by atoms with E-state index in [1.165, 1.54) is 37.7 Å². The average Bonchev–Trinajstić information content (AvgIpc) is 3.03. The van der Waals surface area contributed by atoms with Gasteiger partial charge in [0.25, 0.3) is 0 Å². The van der Waals surface area contributed by atoms with Gasteiger partial charge in [-0.2, -0.15) is 0 Å². The number of rotatable bonds is 8. The van der Waals surface area contributed by atoms with E-state index in [9.17, 15) is 10.2 Å². The lowest BCUT2D eigenvalue weighted by molar-refractivity contribution is 0.181. The van der Waals surface area contributed by atoms with Crippen molar-refractivity contribution in [2.24, 2.45) is 0 Å². The van der Waals surface area contributed by atoms with Crippen LogP contribution in [0.25, 0.3) is 0 Å². The summed E-state index contributed by atoms with van der Waals surface area (Å²) in [7, 11) is 0. The molecule has 2 atom stereocenters. The summed E-state index contributed by atoms with van der Waals surface area (Å²) in [6.45, 7) is 3.41. The molecule has 0 aliphatic carbocycles. The lowest BCUT2D eigenvalue weighted by Crippen LogP contribution is -2.38.